The summed E-state index contributed by atoms with van der Waals surface area (Å²) >= 11 is 3.44. The minimum Gasteiger partial charge on any atom is -0.294 e. The molecule has 0 aliphatic heterocycles. The molecule has 2 aromatic rings. The molecule has 1 nitrogen and oxygen atoms in total. The van der Waals surface area contributed by atoms with Crippen LogP contribution in [0.1, 0.15) is 27.0 Å². The van der Waals surface area contributed by atoms with Crippen LogP contribution in [0.4, 0.5) is 8.78 Å². The minimum absolute atomic E-state index is 0.0768. The Balaban J connectivity index is 2.28. The number of halogens is 3. The van der Waals surface area contributed by atoms with Gasteiger partial charge in [-0.15, -0.1) is 0 Å². The summed E-state index contributed by atoms with van der Waals surface area (Å²) in [5.74, 6) is -1.52. The van der Waals surface area contributed by atoms with Gasteiger partial charge in [0.15, 0.2) is 5.78 Å². The molecule has 0 amide bonds. The minimum atomic E-state index is -0.691. The van der Waals surface area contributed by atoms with E-state index in [1.54, 1.807) is 12.1 Å². The summed E-state index contributed by atoms with van der Waals surface area (Å²) in [5.41, 5.74) is 2.64. The van der Waals surface area contributed by atoms with E-state index in [0.29, 0.717) is 5.56 Å². The molecule has 0 bridgehead atoms. The number of benzene rings is 2. The molecule has 0 atom stereocenters. The topological polar surface area (TPSA) is 17.1 Å². The first-order chi connectivity index (χ1) is 9.38. The molecule has 0 saturated heterocycles. The van der Waals surface area contributed by atoms with E-state index in [1.807, 2.05) is 13.8 Å². The second kappa shape index (κ2) is 5.83. The fourth-order valence-electron chi connectivity index (χ4n) is 2.05. The number of aryl methyl sites for hydroxylation is 2. The van der Waals surface area contributed by atoms with Gasteiger partial charge in [0.2, 0.25) is 0 Å². The molecule has 20 heavy (non-hydrogen) atoms. The molecule has 0 unspecified atom stereocenters. The van der Waals surface area contributed by atoms with Crippen LogP contribution in [-0.2, 0) is 6.42 Å². The van der Waals surface area contributed by atoms with Crippen LogP contribution in [0.3, 0.4) is 0 Å². The van der Waals surface area contributed by atoms with Crippen LogP contribution in [0.25, 0.3) is 0 Å². The molecular formula is C16H13BrF2O. The first-order valence-corrected chi connectivity index (χ1v) is 6.91. The summed E-state index contributed by atoms with van der Waals surface area (Å²) in [4.78, 5) is 12.2. The number of ketones is 1. The molecule has 0 saturated carbocycles. The molecule has 0 spiro atoms. The van der Waals surface area contributed by atoms with Crippen molar-refractivity contribution in [2.24, 2.45) is 0 Å². The molecule has 4 heteroatoms. The zero-order valence-electron chi connectivity index (χ0n) is 11.1. The lowest BCUT2D eigenvalue weighted by molar-refractivity contribution is 0.0991. The molecule has 104 valence electrons. The number of rotatable bonds is 3. The van der Waals surface area contributed by atoms with E-state index >= 15 is 0 Å². The molecule has 0 N–H and O–H groups in total. The smallest absolute Gasteiger partial charge is 0.167 e. The first-order valence-electron chi connectivity index (χ1n) is 6.12. The average Bonchev–Trinajstić information content (AvgIpc) is 2.38. The van der Waals surface area contributed by atoms with Crippen molar-refractivity contribution in [2.75, 3.05) is 0 Å². The Morgan fingerprint density at radius 3 is 2.25 bits per heavy atom. The van der Waals surface area contributed by atoms with Gasteiger partial charge in [-0.2, -0.15) is 0 Å². The van der Waals surface area contributed by atoms with Crippen molar-refractivity contribution >= 4 is 21.7 Å². The van der Waals surface area contributed by atoms with Crippen LogP contribution in [0.5, 0.6) is 0 Å². The summed E-state index contributed by atoms with van der Waals surface area (Å²) in [6, 6.07) is 6.79. The number of carbonyl (C=O) groups excluding carboxylic acids is 1. The van der Waals surface area contributed by atoms with Gasteiger partial charge in [-0.05, 0) is 48.7 Å². The molecule has 0 radical (unpaired) electrons. The highest BCUT2D eigenvalue weighted by atomic mass is 79.9. The summed E-state index contributed by atoms with van der Waals surface area (Å²) in [6.45, 7) is 3.79. The van der Waals surface area contributed by atoms with Crippen LogP contribution in [0.15, 0.2) is 34.8 Å². The van der Waals surface area contributed by atoms with Crippen LogP contribution in [0, 0.1) is 25.5 Å². The highest BCUT2D eigenvalue weighted by molar-refractivity contribution is 9.10. The zero-order chi connectivity index (χ0) is 14.9. The predicted molar refractivity (Wildman–Crippen MR) is 78.0 cm³/mol. The Morgan fingerprint density at radius 2 is 1.70 bits per heavy atom. The van der Waals surface area contributed by atoms with Crippen LogP contribution < -0.4 is 0 Å². The van der Waals surface area contributed by atoms with E-state index in [1.165, 1.54) is 6.07 Å². The maximum absolute atomic E-state index is 13.5. The highest BCUT2D eigenvalue weighted by Crippen LogP contribution is 2.23. The van der Waals surface area contributed by atoms with E-state index in [4.69, 9.17) is 0 Å². The van der Waals surface area contributed by atoms with E-state index in [0.717, 1.165) is 27.7 Å². The maximum Gasteiger partial charge on any atom is 0.167 e. The largest absolute Gasteiger partial charge is 0.294 e. The van der Waals surface area contributed by atoms with E-state index in [9.17, 15) is 13.6 Å². The van der Waals surface area contributed by atoms with Gasteiger partial charge in [-0.1, -0.05) is 22.0 Å². The van der Waals surface area contributed by atoms with Gasteiger partial charge in [0, 0.05) is 22.5 Å². The quantitative estimate of drug-likeness (QED) is 0.736. The Labute approximate surface area is 124 Å². The molecular weight excluding hydrogens is 326 g/mol. The van der Waals surface area contributed by atoms with Crippen LogP contribution in [-0.4, -0.2) is 5.78 Å². The lowest BCUT2D eigenvalue weighted by atomic mass is 9.99. The Bertz CT molecular complexity index is 657. The molecule has 2 aromatic carbocycles. The predicted octanol–water partition coefficient (Wildman–Crippen LogP) is 4.77. The summed E-state index contributed by atoms with van der Waals surface area (Å²) in [5, 5.41) is 0. The van der Waals surface area contributed by atoms with E-state index in [2.05, 4.69) is 15.9 Å². The van der Waals surface area contributed by atoms with Gasteiger partial charge in [-0.25, -0.2) is 8.78 Å². The summed E-state index contributed by atoms with van der Waals surface area (Å²) in [7, 11) is 0. The van der Waals surface area contributed by atoms with Gasteiger partial charge in [0.25, 0.3) is 0 Å². The fraction of sp³-hybridized carbons (Fsp3) is 0.188. The number of hydrogen-bond acceptors (Lipinski definition) is 1. The first kappa shape index (κ1) is 14.9. The molecule has 0 aromatic heterocycles. The highest BCUT2D eigenvalue weighted by Gasteiger charge is 2.13. The number of hydrogen-bond donors (Lipinski definition) is 0. The monoisotopic (exact) mass is 338 g/mol. The van der Waals surface area contributed by atoms with Crippen molar-refractivity contribution in [2.45, 2.75) is 20.3 Å². The lowest BCUT2D eigenvalue weighted by Gasteiger charge is -2.08. The summed E-state index contributed by atoms with van der Waals surface area (Å²) in [6.07, 6.45) is -0.0768. The number of Topliss-reactive ketones (excluding diaryl/α,β-unsaturated/α-hetero) is 1. The Kier molecular flexibility index (Phi) is 4.33. The van der Waals surface area contributed by atoms with Crippen LogP contribution in [0.2, 0.25) is 0 Å². The van der Waals surface area contributed by atoms with Crippen molar-refractivity contribution in [3.8, 4) is 0 Å². The summed E-state index contributed by atoms with van der Waals surface area (Å²) < 4.78 is 27.3. The second-order valence-corrected chi connectivity index (χ2v) is 5.55. The van der Waals surface area contributed by atoms with Crippen molar-refractivity contribution in [1.29, 1.82) is 0 Å². The van der Waals surface area contributed by atoms with E-state index in [-0.39, 0.29) is 17.8 Å². The zero-order valence-corrected chi connectivity index (χ0v) is 12.7. The maximum atomic E-state index is 13.5. The molecule has 2 rings (SSSR count). The molecule has 0 aliphatic rings. The van der Waals surface area contributed by atoms with Gasteiger partial charge in [-0.3, -0.25) is 4.79 Å². The third-order valence-electron chi connectivity index (χ3n) is 3.12. The fourth-order valence-corrected chi connectivity index (χ4v) is 2.28. The lowest BCUT2D eigenvalue weighted by Crippen LogP contribution is -2.06. The second-order valence-electron chi connectivity index (χ2n) is 4.76. The van der Waals surface area contributed by atoms with E-state index < -0.39 is 11.6 Å². The molecule has 0 heterocycles. The average molecular weight is 339 g/mol. The van der Waals surface area contributed by atoms with Crippen molar-refractivity contribution < 1.29 is 13.6 Å². The third kappa shape index (κ3) is 3.12. The van der Waals surface area contributed by atoms with Gasteiger partial charge in [0.1, 0.15) is 11.6 Å². The van der Waals surface area contributed by atoms with Gasteiger partial charge in [0.05, 0.1) is 0 Å². The van der Waals surface area contributed by atoms with Gasteiger partial charge < -0.3 is 0 Å². The number of carbonyl (C=O) groups is 1. The SMILES string of the molecule is Cc1cc(C(=O)Cc2ccc(F)cc2F)cc(C)c1Br. The standard InChI is InChI=1S/C16H13BrF2O/c1-9-5-12(6-10(2)16(9)17)15(20)7-11-3-4-13(18)8-14(11)19/h3-6,8H,7H2,1-2H3. The van der Waals surface area contributed by atoms with Gasteiger partial charge >= 0.3 is 0 Å². The van der Waals surface area contributed by atoms with Crippen molar-refractivity contribution in [3.63, 3.8) is 0 Å². The molecule has 0 fully saturated rings. The Morgan fingerprint density at radius 1 is 1.10 bits per heavy atom. The Hall–Kier alpha value is -1.55. The molecule has 0 aliphatic carbocycles. The normalized spacial score (nSPS) is 10.7. The van der Waals surface area contributed by atoms with Crippen molar-refractivity contribution in [1.82, 2.24) is 0 Å². The van der Waals surface area contributed by atoms with Crippen LogP contribution >= 0.6 is 15.9 Å². The van der Waals surface area contributed by atoms with Crippen molar-refractivity contribution in [3.05, 3.63) is 68.7 Å². The third-order valence-corrected chi connectivity index (χ3v) is 4.38.